The second-order valence-electron chi connectivity index (χ2n) is 8.08. The predicted molar refractivity (Wildman–Crippen MR) is 138 cm³/mol. The average Bonchev–Trinajstić information content (AvgIpc) is 3.24. The van der Waals surface area contributed by atoms with Crippen LogP contribution in [0.5, 0.6) is 0 Å². The zero-order valence-corrected chi connectivity index (χ0v) is 23.1. The molecule has 2 atom stereocenters. The largest absolute Gasteiger partial charge is 0.748 e. The van der Waals surface area contributed by atoms with Crippen LogP contribution >= 0.6 is 46.3 Å². The highest BCUT2D eigenvalue weighted by Gasteiger charge is 2.31. The molecule has 2 aromatic carbocycles. The van der Waals surface area contributed by atoms with Crippen molar-refractivity contribution in [3.8, 4) is 0 Å². The Morgan fingerprint density at radius 2 is 1.63 bits per heavy atom. The standard InChI is InChI=1S/C21H20Cl2N2O6S4/c1-12(34(26,27)28)10-24-16-7-14(22)3-5-18(16)32-20(24)9-21-25(11-13(2)35(29,30)31)17-8-15(23)4-6-19(17)33-21/h3-9,12-13H,10-11H2,1-2H3,(H-,26,27,28,29,30,31)/p-1. The van der Waals surface area contributed by atoms with Crippen molar-refractivity contribution in [2.24, 2.45) is 0 Å². The summed E-state index contributed by atoms with van der Waals surface area (Å²) in [5, 5.41) is -0.238. The monoisotopic (exact) mass is 593 g/mol. The lowest BCUT2D eigenvalue weighted by atomic mass is 10.2. The van der Waals surface area contributed by atoms with Crippen molar-refractivity contribution in [2.45, 2.75) is 35.8 Å². The zero-order valence-electron chi connectivity index (χ0n) is 18.3. The van der Waals surface area contributed by atoms with E-state index in [1.54, 1.807) is 51.9 Å². The molecule has 0 radical (unpaired) electrons. The van der Waals surface area contributed by atoms with Crippen molar-refractivity contribution >= 4 is 88.5 Å². The van der Waals surface area contributed by atoms with Gasteiger partial charge in [0.1, 0.15) is 20.1 Å². The first-order valence-corrected chi connectivity index (χ1v) is 15.5. The molecule has 0 fully saturated rings. The SMILES string of the molecule is CC(CN1C(=Cc2sc3ccc(Cl)cc3[n+]2CC(C)S(=O)(=O)[O-])Sc2ccc(Cl)cc21)S(=O)(=O)[O-]. The van der Waals surface area contributed by atoms with Gasteiger partial charge in [0.05, 0.1) is 32.2 Å². The van der Waals surface area contributed by atoms with Gasteiger partial charge < -0.3 is 14.0 Å². The van der Waals surface area contributed by atoms with E-state index >= 15 is 0 Å². The maximum Gasteiger partial charge on any atom is 0.265 e. The van der Waals surface area contributed by atoms with Crippen LogP contribution < -0.4 is 9.47 Å². The normalized spacial score (nSPS) is 17.2. The fraction of sp³-hybridized carbons (Fsp3) is 0.286. The summed E-state index contributed by atoms with van der Waals surface area (Å²) in [6.45, 7) is 2.49. The molecule has 1 aliphatic heterocycles. The highest BCUT2D eigenvalue weighted by molar-refractivity contribution is 8.04. The quantitative estimate of drug-likeness (QED) is 0.294. The van der Waals surface area contributed by atoms with Crippen LogP contribution in [0.3, 0.4) is 0 Å². The average molecular weight is 595 g/mol. The number of nitrogens with zero attached hydrogens (tertiary/aromatic N) is 2. The van der Waals surface area contributed by atoms with Crippen LogP contribution in [-0.4, -0.2) is 43.0 Å². The summed E-state index contributed by atoms with van der Waals surface area (Å²) < 4.78 is 72.4. The van der Waals surface area contributed by atoms with E-state index in [4.69, 9.17) is 23.2 Å². The second-order valence-corrected chi connectivity index (χ2v) is 14.7. The molecule has 0 spiro atoms. The van der Waals surface area contributed by atoms with Crippen molar-refractivity contribution in [1.82, 2.24) is 0 Å². The molecule has 1 aliphatic rings. The Morgan fingerprint density at radius 1 is 1.00 bits per heavy atom. The van der Waals surface area contributed by atoms with E-state index < -0.39 is 30.7 Å². The fourth-order valence-electron chi connectivity index (χ4n) is 3.54. The Bertz CT molecular complexity index is 1550. The second kappa shape index (κ2) is 9.82. The molecule has 0 saturated carbocycles. The van der Waals surface area contributed by atoms with Gasteiger partial charge in [0, 0.05) is 27.6 Å². The van der Waals surface area contributed by atoms with Gasteiger partial charge in [0.15, 0.2) is 6.54 Å². The predicted octanol–water partition coefficient (Wildman–Crippen LogP) is 4.27. The molecule has 1 aromatic heterocycles. The Morgan fingerprint density at radius 3 is 2.29 bits per heavy atom. The molecule has 0 N–H and O–H groups in total. The number of hydrogen-bond donors (Lipinski definition) is 0. The van der Waals surface area contributed by atoms with E-state index in [9.17, 15) is 25.9 Å². The van der Waals surface area contributed by atoms with E-state index in [-0.39, 0.29) is 13.1 Å². The summed E-state index contributed by atoms with van der Waals surface area (Å²) >= 11 is 15.1. The third kappa shape index (κ3) is 5.80. The number of hydrogen-bond acceptors (Lipinski definition) is 9. The zero-order chi connectivity index (χ0) is 25.7. The molecule has 2 unspecified atom stereocenters. The molecule has 0 amide bonds. The smallest absolute Gasteiger partial charge is 0.265 e. The van der Waals surface area contributed by atoms with E-state index in [2.05, 4.69) is 0 Å². The van der Waals surface area contributed by atoms with Gasteiger partial charge in [-0.15, -0.1) is 0 Å². The van der Waals surface area contributed by atoms with Gasteiger partial charge in [0.25, 0.3) is 5.01 Å². The van der Waals surface area contributed by atoms with Gasteiger partial charge in [0.2, 0.25) is 5.52 Å². The van der Waals surface area contributed by atoms with Crippen molar-refractivity contribution < 1.29 is 30.5 Å². The third-order valence-corrected chi connectivity index (χ3v) is 10.5. The minimum absolute atomic E-state index is 0.0971. The van der Waals surface area contributed by atoms with Crippen LogP contribution in [0.2, 0.25) is 10.0 Å². The number of anilines is 1. The highest BCUT2D eigenvalue weighted by Crippen LogP contribution is 2.48. The molecule has 0 bridgehead atoms. The summed E-state index contributed by atoms with van der Waals surface area (Å²) in [5.41, 5.74) is 1.32. The molecule has 2 heterocycles. The molecular weight excluding hydrogens is 575 g/mol. The van der Waals surface area contributed by atoms with Gasteiger partial charge in [-0.3, -0.25) is 0 Å². The summed E-state index contributed by atoms with van der Waals surface area (Å²) in [7, 11) is -9.09. The van der Waals surface area contributed by atoms with Gasteiger partial charge in [-0.05, 0) is 44.2 Å². The lowest BCUT2D eigenvalue weighted by Crippen LogP contribution is -2.43. The summed E-state index contributed by atoms with van der Waals surface area (Å²) in [6, 6.07) is 10.4. The molecule has 4 rings (SSSR count). The molecular formula is C21H19Cl2N2O6S4-. The number of thiazole rings is 1. The Kier molecular flexibility index (Phi) is 7.49. The van der Waals surface area contributed by atoms with Gasteiger partial charge in [-0.2, -0.15) is 4.57 Å². The van der Waals surface area contributed by atoms with Crippen molar-refractivity contribution in [3.63, 3.8) is 0 Å². The van der Waals surface area contributed by atoms with Crippen LogP contribution in [0.4, 0.5) is 5.69 Å². The molecule has 0 aliphatic carbocycles. The van der Waals surface area contributed by atoms with E-state index in [0.29, 0.717) is 31.3 Å². The maximum atomic E-state index is 11.6. The van der Waals surface area contributed by atoms with Gasteiger partial charge >= 0.3 is 0 Å². The van der Waals surface area contributed by atoms with Crippen LogP contribution in [0, 0.1) is 0 Å². The third-order valence-electron chi connectivity index (χ3n) is 5.50. The molecule has 14 heteroatoms. The minimum atomic E-state index is -4.54. The van der Waals surface area contributed by atoms with Gasteiger partial charge in [-0.25, -0.2) is 16.8 Å². The van der Waals surface area contributed by atoms with E-state index in [0.717, 1.165) is 9.60 Å². The molecule has 35 heavy (non-hydrogen) atoms. The van der Waals surface area contributed by atoms with E-state index in [1.807, 2.05) is 0 Å². The molecule has 0 saturated heterocycles. The van der Waals surface area contributed by atoms with Crippen molar-refractivity contribution in [2.75, 3.05) is 11.4 Å². The number of fused-ring (bicyclic) bond motifs is 2. The first-order valence-electron chi connectivity index (χ1n) is 10.2. The van der Waals surface area contributed by atoms with E-state index in [1.165, 1.54) is 36.9 Å². The Labute approximate surface area is 221 Å². The van der Waals surface area contributed by atoms with Crippen molar-refractivity contribution in [3.05, 3.63) is 56.5 Å². The first-order chi connectivity index (χ1) is 16.2. The molecule has 8 nitrogen and oxygen atoms in total. The van der Waals surface area contributed by atoms with Gasteiger partial charge in [-0.1, -0.05) is 46.3 Å². The summed E-state index contributed by atoms with van der Waals surface area (Å²) in [6.07, 6.45) is 1.78. The topological polar surface area (TPSA) is 122 Å². The first kappa shape index (κ1) is 26.7. The van der Waals surface area contributed by atoms with Crippen LogP contribution in [0.15, 0.2) is 46.3 Å². The van der Waals surface area contributed by atoms with Crippen molar-refractivity contribution in [1.29, 1.82) is 0 Å². The molecule has 188 valence electrons. The number of thioether (sulfide) groups is 1. The molecule has 3 aromatic rings. The highest BCUT2D eigenvalue weighted by atomic mass is 35.5. The lowest BCUT2D eigenvalue weighted by Gasteiger charge is -2.25. The summed E-state index contributed by atoms with van der Waals surface area (Å²) in [4.78, 5) is 2.53. The number of benzene rings is 2. The Balaban J connectivity index is 1.85. The van der Waals surface area contributed by atoms with Crippen LogP contribution in [0.25, 0.3) is 16.3 Å². The van der Waals surface area contributed by atoms with Crippen LogP contribution in [-0.2, 0) is 26.8 Å². The number of halogens is 2. The summed E-state index contributed by atoms with van der Waals surface area (Å²) in [5.74, 6) is 0. The lowest BCUT2D eigenvalue weighted by molar-refractivity contribution is -0.667. The fourth-order valence-corrected chi connectivity index (χ4v) is 6.79. The number of rotatable bonds is 7. The maximum absolute atomic E-state index is 11.6. The van der Waals surface area contributed by atoms with Crippen LogP contribution in [0.1, 0.15) is 18.9 Å². The number of aromatic nitrogens is 1. The minimum Gasteiger partial charge on any atom is -0.748 e. The Hall–Kier alpha value is -1.38.